The molecule has 1 atom stereocenters. The predicted molar refractivity (Wildman–Crippen MR) is 88.7 cm³/mol. The van der Waals surface area contributed by atoms with E-state index in [4.69, 9.17) is 4.74 Å². The number of piperidine rings is 1. The number of rotatable bonds is 3. The molecule has 0 spiro atoms. The highest BCUT2D eigenvalue weighted by molar-refractivity contribution is 9.10. The summed E-state index contributed by atoms with van der Waals surface area (Å²) in [6.07, 6.45) is 1.36. The first kappa shape index (κ1) is 17.5. The molecule has 1 aliphatic rings. The summed E-state index contributed by atoms with van der Waals surface area (Å²) >= 11 is 3.30. The first-order valence-electron chi connectivity index (χ1n) is 7.53. The molecule has 0 aromatic heterocycles. The van der Waals surface area contributed by atoms with Crippen molar-refractivity contribution in [2.75, 3.05) is 25.0 Å². The molecule has 23 heavy (non-hydrogen) atoms. The summed E-state index contributed by atoms with van der Waals surface area (Å²) in [4.78, 5) is 37.5. The van der Waals surface area contributed by atoms with Gasteiger partial charge in [-0.25, -0.2) is 0 Å². The first-order chi connectivity index (χ1) is 11.0. The number of carbonyl (C=O) groups is 3. The fourth-order valence-corrected chi connectivity index (χ4v) is 2.74. The highest BCUT2D eigenvalue weighted by Gasteiger charge is 2.31. The van der Waals surface area contributed by atoms with Gasteiger partial charge >= 0.3 is 17.8 Å². The number of nitrogens with one attached hydrogen (secondary N) is 1. The molecule has 1 aromatic rings. The predicted octanol–water partition coefficient (Wildman–Crippen LogP) is 2.19. The molecule has 1 aromatic carbocycles. The average molecular weight is 383 g/mol. The van der Waals surface area contributed by atoms with E-state index in [0.717, 1.165) is 4.47 Å². The molecular formula is C16H19BrN2O4. The molecule has 1 N–H and O–H groups in total. The molecule has 0 aliphatic carbocycles. The minimum atomic E-state index is -0.697. The zero-order valence-corrected chi connectivity index (χ0v) is 14.5. The Labute approximate surface area is 143 Å². The molecule has 124 valence electrons. The number of likely N-dealkylation sites (tertiary alicyclic amines) is 1. The van der Waals surface area contributed by atoms with E-state index >= 15 is 0 Å². The van der Waals surface area contributed by atoms with Gasteiger partial charge in [-0.15, -0.1) is 0 Å². The third kappa shape index (κ3) is 4.79. The maximum Gasteiger partial charge on any atom is 0.313 e. The van der Waals surface area contributed by atoms with Gasteiger partial charge in [-0.1, -0.05) is 15.9 Å². The Bertz CT molecular complexity index is 588. The largest absolute Gasteiger partial charge is 0.466 e. The summed E-state index contributed by atoms with van der Waals surface area (Å²) in [5.74, 6) is -1.98. The zero-order valence-electron chi connectivity index (χ0n) is 12.9. The van der Waals surface area contributed by atoms with Crippen LogP contribution in [0.2, 0.25) is 0 Å². The Morgan fingerprint density at radius 1 is 1.30 bits per heavy atom. The van der Waals surface area contributed by atoms with Crippen molar-refractivity contribution in [1.82, 2.24) is 4.90 Å². The highest BCUT2D eigenvalue weighted by Crippen LogP contribution is 2.19. The van der Waals surface area contributed by atoms with Crippen molar-refractivity contribution in [1.29, 1.82) is 0 Å². The Morgan fingerprint density at radius 3 is 2.65 bits per heavy atom. The number of nitrogens with zero attached hydrogens (tertiary/aromatic N) is 1. The molecule has 1 unspecified atom stereocenters. The molecular weight excluding hydrogens is 364 g/mol. The van der Waals surface area contributed by atoms with Crippen LogP contribution in [0.4, 0.5) is 5.69 Å². The van der Waals surface area contributed by atoms with Gasteiger partial charge in [0.05, 0.1) is 12.5 Å². The van der Waals surface area contributed by atoms with E-state index in [1.54, 1.807) is 31.2 Å². The fourth-order valence-electron chi connectivity index (χ4n) is 2.48. The normalized spacial score (nSPS) is 17.5. The van der Waals surface area contributed by atoms with Gasteiger partial charge in [-0.3, -0.25) is 14.4 Å². The van der Waals surface area contributed by atoms with Crippen molar-refractivity contribution in [3.63, 3.8) is 0 Å². The molecule has 1 aliphatic heterocycles. The van der Waals surface area contributed by atoms with E-state index < -0.39 is 11.8 Å². The van der Waals surface area contributed by atoms with Gasteiger partial charge in [0.2, 0.25) is 0 Å². The van der Waals surface area contributed by atoms with Crippen LogP contribution in [0.1, 0.15) is 19.8 Å². The molecule has 1 fully saturated rings. The maximum absolute atomic E-state index is 12.2. The van der Waals surface area contributed by atoms with Crippen molar-refractivity contribution >= 4 is 39.4 Å². The van der Waals surface area contributed by atoms with Crippen LogP contribution in [0.15, 0.2) is 28.7 Å². The molecule has 2 rings (SSSR count). The number of hydrogen-bond acceptors (Lipinski definition) is 4. The SMILES string of the molecule is CCOC(=O)C1CCCN(C(=O)C(=O)Nc2ccc(Br)cc2)C1. The second kappa shape index (κ2) is 8.10. The van der Waals surface area contributed by atoms with Crippen LogP contribution in [-0.2, 0) is 19.1 Å². The monoisotopic (exact) mass is 382 g/mol. The molecule has 6 nitrogen and oxygen atoms in total. The second-order valence-corrected chi connectivity index (χ2v) is 6.22. The number of esters is 1. The summed E-state index contributed by atoms with van der Waals surface area (Å²) in [5.41, 5.74) is 0.547. The number of amides is 2. The van der Waals surface area contributed by atoms with E-state index in [1.165, 1.54) is 4.90 Å². The second-order valence-electron chi connectivity index (χ2n) is 5.30. The lowest BCUT2D eigenvalue weighted by molar-refractivity contribution is -0.153. The third-order valence-electron chi connectivity index (χ3n) is 3.62. The van der Waals surface area contributed by atoms with Gasteiger partial charge in [0, 0.05) is 23.2 Å². The van der Waals surface area contributed by atoms with Crippen molar-refractivity contribution < 1.29 is 19.1 Å². The highest BCUT2D eigenvalue weighted by atomic mass is 79.9. The van der Waals surface area contributed by atoms with Crippen LogP contribution in [-0.4, -0.2) is 42.4 Å². The summed E-state index contributed by atoms with van der Waals surface area (Å²) in [6, 6.07) is 6.95. The van der Waals surface area contributed by atoms with Gasteiger partial charge in [0.1, 0.15) is 0 Å². The lowest BCUT2D eigenvalue weighted by Crippen LogP contribution is -2.47. The van der Waals surface area contributed by atoms with E-state index in [-0.39, 0.29) is 18.4 Å². The summed E-state index contributed by atoms with van der Waals surface area (Å²) in [7, 11) is 0. The molecule has 1 saturated heterocycles. The molecule has 0 saturated carbocycles. The summed E-state index contributed by atoms with van der Waals surface area (Å²) in [5, 5.41) is 2.57. The molecule has 7 heteroatoms. The van der Waals surface area contributed by atoms with Crippen molar-refractivity contribution in [2.45, 2.75) is 19.8 Å². The van der Waals surface area contributed by atoms with Gasteiger partial charge in [0.25, 0.3) is 0 Å². The molecule has 0 bridgehead atoms. The van der Waals surface area contributed by atoms with Crippen molar-refractivity contribution in [2.24, 2.45) is 5.92 Å². The van der Waals surface area contributed by atoms with Crippen molar-refractivity contribution in [3.8, 4) is 0 Å². The van der Waals surface area contributed by atoms with Gasteiger partial charge in [-0.05, 0) is 44.0 Å². The number of ether oxygens (including phenoxy) is 1. The van der Waals surface area contributed by atoms with Crippen LogP contribution in [0, 0.1) is 5.92 Å². The standard InChI is InChI=1S/C16H19BrN2O4/c1-2-23-16(22)11-4-3-9-19(10-11)15(21)14(20)18-13-7-5-12(17)6-8-13/h5-8,11H,2-4,9-10H2,1H3,(H,18,20). The van der Waals surface area contributed by atoms with E-state index in [9.17, 15) is 14.4 Å². The molecule has 2 amide bonds. The smallest absolute Gasteiger partial charge is 0.313 e. The Kier molecular flexibility index (Phi) is 6.15. The van der Waals surface area contributed by atoms with Gasteiger partial charge in [-0.2, -0.15) is 0 Å². The van der Waals surface area contributed by atoms with Crippen LogP contribution in [0.5, 0.6) is 0 Å². The summed E-state index contributed by atoms with van der Waals surface area (Å²) < 4.78 is 5.88. The minimum Gasteiger partial charge on any atom is -0.466 e. The number of benzene rings is 1. The first-order valence-corrected chi connectivity index (χ1v) is 8.33. The molecule has 0 radical (unpaired) electrons. The lowest BCUT2D eigenvalue weighted by Gasteiger charge is -2.30. The lowest BCUT2D eigenvalue weighted by atomic mass is 9.98. The molecule has 1 heterocycles. The van der Waals surface area contributed by atoms with Gasteiger partial charge < -0.3 is 15.0 Å². The van der Waals surface area contributed by atoms with Gasteiger partial charge in [0.15, 0.2) is 0 Å². The number of halogens is 1. The Morgan fingerprint density at radius 2 is 2.00 bits per heavy atom. The number of hydrogen-bond donors (Lipinski definition) is 1. The average Bonchev–Trinajstić information content (AvgIpc) is 2.56. The van der Waals surface area contributed by atoms with Crippen LogP contribution in [0.3, 0.4) is 0 Å². The fraction of sp³-hybridized carbons (Fsp3) is 0.438. The zero-order chi connectivity index (χ0) is 16.8. The van der Waals surface area contributed by atoms with E-state index in [2.05, 4.69) is 21.2 Å². The van der Waals surface area contributed by atoms with Crippen LogP contribution >= 0.6 is 15.9 Å². The number of anilines is 1. The topological polar surface area (TPSA) is 75.7 Å². The van der Waals surface area contributed by atoms with E-state index in [1.807, 2.05) is 0 Å². The summed E-state index contributed by atoms with van der Waals surface area (Å²) in [6.45, 7) is 2.76. The maximum atomic E-state index is 12.2. The van der Waals surface area contributed by atoms with Crippen LogP contribution < -0.4 is 5.32 Å². The number of carbonyl (C=O) groups excluding carboxylic acids is 3. The van der Waals surface area contributed by atoms with Crippen molar-refractivity contribution in [3.05, 3.63) is 28.7 Å². The van der Waals surface area contributed by atoms with E-state index in [0.29, 0.717) is 31.7 Å². The Balaban J connectivity index is 1.94. The minimum absolute atomic E-state index is 0.228. The quantitative estimate of drug-likeness (QED) is 0.642. The Hall–Kier alpha value is -1.89. The van der Waals surface area contributed by atoms with Crippen LogP contribution in [0.25, 0.3) is 0 Å². The third-order valence-corrected chi connectivity index (χ3v) is 4.15.